The van der Waals surface area contributed by atoms with Gasteiger partial charge in [0.15, 0.2) is 0 Å². The second-order valence-electron chi connectivity index (χ2n) is 7.42. The normalized spacial score (nSPS) is 13.9. The lowest BCUT2D eigenvalue weighted by Crippen LogP contribution is -2.50. The summed E-state index contributed by atoms with van der Waals surface area (Å²) in [5, 5.41) is 2.87. The first-order chi connectivity index (χ1) is 13.9. The lowest BCUT2D eigenvalue weighted by molar-refractivity contribution is 0.0527. The fraction of sp³-hybridized carbons (Fsp3) is 0.391. The molecule has 1 aliphatic rings. The van der Waals surface area contributed by atoms with Crippen LogP contribution in [0.4, 0.5) is 16.2 Å². The summed E-state index contributed by atoms with van der Waals surface area (Å²) in [5.74, 6) is -0.432. The molecule has 0 unspecified atom stereocenters. The van der Waals surface area contributed by atoms with Crippen molar-refractivity contribution in [3.05, 3.63) is 58.7 Å². The van der Waals surface area contributed by atoms with Crippen LogP contribution in [0.15, 0.2) is 36.4 Å². The van der Waals surface area contributed by atoms with Crippen molar-refractivity contribution in [1.29, 1.82) is 0 Å². The quantitative estimate of drug-likeness (QED) is 0.791. The molecule has 154 valence electrons. The van der Waals surface area contributed by atoms with Crippen LogP contribution >= 0.6 is 0 Å². The van der Waals surface area contributed by atoms with E-state index in [2.05, 4.69) is 43.1 Å². The fourth-order valence-corrected chi connectivity index (χ4v) is 3.98. The van der Waals surface area contributed by atoms with Crippen molar-refractivity contribution < 1.29 is 14.3 Å². The Morgan fingerprint density at radius 1 is 1.00 bits per heavy atom. The van der Waals surface area contributed by atoms with Crippen LogP contribution in [0.5, 0.6) is 0 Å². The zero-order valence-corrected chi connectivity index (χ0v) is 17.6. The van der Waals surface area contributed by atoms with Gasteiger partial charge in [-0.1, -0.05) is 29.8 Å². The van der Waals surface area contributed by atoms with Crippen molar-refractivity contribution in [2.24, 2.45) is 0 Å². The summed E-state index contributed by atoms with van der Waals surface area (Å²) < 4.78 is 5.08. The van der Waals surface area contributed by atoms with Gasteiger partial charge in [-0.05, 0) is 51.0 Å². The van der Waals surface area contributed by atoms with Gasteiger partial charge in [0.2, 0.25) is 0 Å². The number of hydrogen-bond acceptors (Lipinski definition) is 4. The molecule has 0 radical (unpaired) electrons. The van der Waals surface area contributed by atoms with E-state index in [-0.39, 0.29) is 6.03 Å². The first-order valence-corrected chi connectivity index (χ1v) is 10.1. The van der Waals surface area contributed by atoms with E-state index in [4.69, 9.17) is 4.74 Å². The molecule has 3 rings (SSSR count). The first kappa shape index (κ1) is 20.7. The zero-order valence-electron chi connectivity index (χ0n) is 17.6. The Hall–Kier alpha value is -3.02. The standard InChI is InChI=1S/C23H29N3O3/c1-5-29-22(27)19-8-6-7-9-20(19)24-23(28)26-12-10-25(11-13-26)21-17(3)14-16(2)15-18(21)4/h6-9,14-15H,5,10-13H2,1-4H3,(H,24,28). The SMILES string of the molecule is CCOC(=O)c1ccccc1NC(=O)N1CCN(c2c(C)cc(C)cc2C)CC1. The number of piperazine rings is 1. The highest BCUT2D eigenvalue weighted by Crippen LogP contribution is 2.27. The monoisotopic (exact) mass is 395 g/mol. The van der Waals surface area contributed by atoms with Gasteiger partial charge in [0, 0.05) is 31.9 Å². The Morgan fingerprint density at radius 3 is 2.24 bits per heavy atom. The molecule has 0 aliphatic carbocycles. The minimum Gasteiger partial charge on any atom is -0.462 e. The van der Waals surface area contributed by atoms with Crippen LogP contribution in [0.25, 0.3) is 0 Å². The van der Waals surface area contributed by atoms with E-state index in [1.807, 2.05) is 0 Å². The number of nitrogens with one attached hydrogen (secondary N) is 1. The van der Waals surface area contributed by atoms with E-state index in [1.54, 1.807) is 36.1 Å². The highest BCUT2D eigenvalue weighted by molar-refractivity contribution is 6.00. The van der Waals surface area contributed by atoms with E-state index < -0.39 is 5.97 Å². The van der Waals surface area contributed by atoms with Crippen molar-refractivity contribution >= 4 is 23.4 Å². The number of benzene rings is 2. The number of carbonyl (C=O) groups is 2. The second kappa shape index (κ2) is 8.99. The molecule has 0 aromatic heterocycles. The first-order valence-electron chi connectivity index (χ1n) is 10.1. The molecule has 6 heteroatoms. The third-order valence-electron chi connectivity index (χ3n) is 5.18. The van der Waals surface area contributed by atoms with Crippen molar-refractivity contribution in [3.8, 4) is 0 Å². The Bertz CT molecular complexity index is 879. The molecule has 2 aromatic rings. The van der Waals surface area contributed by atoms with Gasteiger partial charge in [0.05, 0.1) is 17.9 Å². The summed E-state index contributed by atoms with van der Waals surface area (Å²) in [6, 6.07) is 11.1. The number of urea groups is 1. The summed E-state index contributed by atoms with van der Waals surface area (Å²) in [5.41, 5.74) is 5.91. The van der Waals surface area contributed by atoms with Crippen LogP contribution < -0.4 is 10.2 Å². The molecule has 1 aliphatic heterocycles. The maximum Gasteiger partial charge on any atom is 0.340 e. The number of esters is 1. The van der Waals surface area contributed by atoms with Crippen LogP contribution in [-0.4, -0.2) is 49.7 Å². The molecule has 1 fully saturated rings. The molecule has 0 bridgehead atoms. The Kier molecular flexibility index (Phi) is 6.42. The predicted molar refractivity (Wildman–Crippen MR) is 116 cm³/mol. The number of anilines is 2. The number of nitrogens with zero attached hydrogens (tertiary/aromatic N) is 2. The minimum atomic E-state index is -0.432. The van der Waals surface area contributed by atoms with E-state index >= 15 is 0 Å². The highest BCUT2D eigenvalue weighted by atomic mass is 16.5. The smallest absolute Gasteiger partial charge is 0.340 e. The van der Waals surface area contributed by atoms with Gasteiger partial charge in [-0.3, -0.25) is 0 Å². The fourth-order valence-electron chi connectivity index (χ4n) is 3.98. The van der Waals surface area contributed by atoms with Gasteiger partial charge in [0.1, 0.15) is 0 Å². The van der Waals surface area contributed by atoms with Gasteiger partial charge >= 0.3 is 12.0 Å². The molecule has 0 atom stereocenters. The number of rotatable bonds is 4. The third-order valence-corrected chi connectivity index (χ3v) is 5.18. The minimum absolute atomic E-state index is 0.196. The summed E-state index contributed by atoms with van der Waals surface area (Å²) in [6.45, 7) is 11.2. The van der Waals surface area contributed by atoms with Crippen LogP contribution in [-0.2, 0) is 4.74 Å². The average Bonchev–Trinajstić information content (AvgIpc) is 2.68. The summed E-state index contributed by atoms with van der Waals surface area (Å²) in [6.07, 6.45) is 0. The molecular formula is C23H29N3O3. The number of para-hydroxylation sites is 1. The van der Waals surface area contributed by atoms with Crippen molar-refractivity contribution in [1.82, 2.24) is 4.90 Å². The predicted octanol–water partition coefficient (Wildman–Crippen LogP) is 4.14. The van der Waals surface area contributed by atoms with Crippen LogP contribution in [0.1, 0.15) is 34.0 Å². The third kappa shape index (κ3) is 4.70. The zero-order chi connectivity index (χ0) is 21.0. The molecule has 0 saturated carbocycles. The van der Waals surface area contributed by atoms with Crippen molar-refractivity contribution in [3.63, 3.8) is 0 Å². The Labute approximate surface area is 172 Å². The maximum absolute atomic E-state index is 12.8. The lowest BCUT2D eigenvalue weighted by atomic mass is 10.0. The molecule has 2 aromatic carbocycles. The highest BCUT2D eigenvalue weighted by Gasteiger charge is 2.24. The molecule has 2 amide bonds. The average molecular weight is 396 g/mol. The van der Waals surface area contributed by atoms with Crippen LogP contribution in [0.3, 0.4) is 0 Å². The number of ether oxygens (including phenoxy) is 1. The number of carbonyl (C=O) groups excluding carboxylic acids is 2. The van der Waals surface area contributed by atoms with Gasteiger partial charge in [0.25, 0.3) is 0 Å². The van der Waals surface area contributed by atoms with Crippen molar-refractivity contribution in [2.75, 3.05) is 43.0 Å². The largest absolute Gasteiger partial charge is 0.462 e. The van der Waals surface area contributed by atoms with E-state index in [0.29, 0.717) is 30.9 Å². The number of hydrogen-bond donors (Lipinski definition) is 1. The summed E-state index contributed by atoms with van der Waals surface area (Å²) in [4.78, 5) is 29.0. The molecule has 1 N–H and O–H groups in total. The van der Waals surface area contributed by atoms with Gasteiger partial charge < -0.3 is 19.9 Å². The molecule has 0 spiro atoms. The van der Waals surface area contributed by atoms with Crippen LogP contribution in [0, 0.1) is 20.8 Å². The number of amides is 2. The Morgan fingerprint density at radius 2 is 1.62 bits per heavy atom. The molecular weight excluding hydrogens is 366 g/mol. The van der Waals surface area contributed by atoms with Gasteiger partial charge in [-0.2, -0.15) is 0 Å². The van der Waals surface area contributed by atoms with E-state index in [1.165, 1.54) is 22.4 Å². The van der Waals surface area contributed by atoms with Crippen molar-refractivity contribution in [2.45, 2.75) is 27.7 Å². The van der Waals surface area contributed by atoms with Crippen LogP contribution in [0.2, 0.25) is 0 Å². The molecule has 1 saturated heterocycles. The Balaban J connectivity index is 1.65. The van der Waals surface area contributed by atoms with Gasteiger partial charge in [-0.15, -0.1) is 0 Å². The maximum atomic E-state index is 12.8. The number of aryl methyl sites for hydroxylation is 3. The van der Waals surface area contributed by atoms with E-state index in [0.717, 1.165) is 13.1 Å². The topological polar surface area (TPSA) is 61.9 Å². The van der Waals surface area contributed by atoms with E-state index in [9.17, 15) is 9.59 Å². The molecule has 29 heavy (non-hydrogen) atoms. The molecule has 1 heterocycles. The van der Waals surface area contributed by atoms with Gasteiger partial charge in [-0.25, -0.2) is 9.59 Å². The molecule has 6 nitrogen and oxygen atoms in total. The summed E-state index contributed by atoms with van der Waals surface area (Å²) >= 11 is 0. The lowest BCUT2D eigenvalue weighted by Gasteiger charge is -2.37. The second-order valence-corrected chi connectivity index (χ2v) is 7.42. The summed E-state index contributed by atoms with van der Waals surface area (Å²) in [7, 11) is 0.